The summed E-state index contributed by atoms with van der Waals surface area (Å²) in [5, 5.41) is 2.17. The molecule has 2 heterocycles. The van der Waals surface area contributed by atoms with E-state index in [0.29, 0.717) is 0 Å². The van der Waals surface area contributed by atoms with Crippen LogP contribution in [0.5, 0.6) is 0 Å². The molecule has 0 saturated heterocycles. The van der Waals surface area contributed by atoms with Crippen molar-refractivity contribution in [1.29, 1.82) is 0 Å². The van der Waals surface area contributed by atoms with Gasteiger partial charge in [-0.15, -0.1) is 11.3 Å². The predicted octanol–water partition coefficient (Wildman–Crippen LogP) is 5.70. The number of thiophene rings is 1. The minimum Gasteiger partial charge on any atom is -0.254 e. The molecule has 0 saturated carbocycles. The highest BCUT2D eigenvalue weighted by Gasteiger charge is 2.07. The second kappa shape index (κ2) is 7.05. The lowest BCUT2D eigenvalue weighted by molar-refractivity contribution is 0.668. The van der Waals surface area contributed by atoms with Gasteiger partial charge >= 0.3 is 0 Å². The third-order valence-corrected chi connectivity index (χ3v) is 4.45. The lowest BCUT2D eigenvalue weighted by atomic mass is 10.1. The van der Waals surface area contributed by atoms with E-state index < -0.39 is 0 Å². The molecule has 1 nitrogen and oxygen atoms in total. The predicted molar refractivity (Wildman–Crippen MR) is 83.1 cm³/mol. The molecule has 0 spiro atoms. The molecule has 2 aromatic heterocycles. The van der Waals surface area contributed by atoms with Crippen LogP contribution in [0.3, 0.4) is 0 Å². The van der Waals surface area contributed by atoms with Gasteiger partial charge in [0.25, 0.3) is 0 Å². The number of pyridine rings is 1. The van der Waals surface area contributed by atoms with Crippen LogP contribution in [0.15, 0.2) is 34.2 Å². The fraction of sp³-hybridized carbons (Fsp3) is 0.400. The molecule has 0 aromatic carbocycles. The van der Waals surface area contributed by atoms with Gasteiger partial charge in [0.15, 0.2) is 0 Å². The second-order valence-electron chi connectivity index (χ2n) is 4.45. The molecule has 0 unspecified atom stereocenters. The summed E-state index contributed by atoms with van der Waals surface area (Å²) < 4.78 is 1.03. The smallest absolute Gasteiger partial charge is 0.0805 e. The number of aromatic nitrogens is 1. The zero-order chi connectivity index (χ0) is 12.8. The first-order chi connectivity index (χ1) is 8.81. The molecule has 18 heavy (non-hydrogen) atoms. The van der Waals surface area contributed by atoms with Crippen LogP contribution in [0.2, 0.25) is 0 Å². The molecular weight excluding hydrogens is 306 g/mol. The zero-order valence-corrected chi connectivity index (χ0v) is 13.1. The Morgan fingerprint density at radius 1 is 1.17 bits per heavy atom. The number of unbranched alkanes of at least 4 members (excludes halogenated alkanes) is 3. The quantitative estimate of drug-likeness (QED) is 0.622. The van der Waals surface area contributed by atoms with E-state index >= 15 is 0 Å². The maximum Gasteiger partial charge on any atom is 0.0805 e. The van der Waals surface area contributed by atoms with Crippen molar-refractivity contribution in [1.82, 2.24) is 4.98 Å². The lowest BCUT2D eigenvalue weighted by Crippen LogP contribution is -1.88. The molecule has 0 N–H and O–H groups in total. The Balaban J connectivity index is 2.05. The topological polar surface area (TPSA) is 12.9 Å². The summed E-state index contributed by atoms with van der Waals surface area (Å²) in [7, 11) is 0. The van der Waals surface area contributed by atoms with Crippen molar-refractivity contribution >= 4 is 27.3 Å². The van der Waals surface area contributed by atoms with Gasteiger partial charge in [-0.25, -0.2) is 0 Å². The highest BCUT2D eigenvalue weighted by atomic mass is 79.9. The van der Waals surface area contributed by atoms with Crippen LogP contribution >= 0.6 is 27.3 Å². The minimum absolute atomic E-state index is 1.03. The molecule has 2 aromatic rings. The van der Waals surface area contributed by atoms with Crippen LogP contribution in [0.1, 0.15) is 38.2 Å². The summed E-state index contributed by atoms with van der Waals surface area (Å²) in [6, 6.07) is 6.39. The van der Waals surface area contributed by atoms with Crippen LogP contribution in [0.4, 0.5) is 0 Å². The molecule has 0 aliphatic rings. The van der Waals surface area contributed by atoms with E-state index in [9.17, 15) is 0 Å². The Bertz CT molecular complexity index is 475. The van der Waals surface area contributed by atoms with Gasteiger partial charge in [-0.2, -0.15) is 0 Å². The number of nitrogens with zero attached hydrogens (tertiary/aromatic N) is 1. The summed E-state index contributed by atoms with van der Waals surface area (Å²) in [6.07, 6.45) is 8.31. The van der Waals surface area contributed by atoms with Gasteiger partial charge in [0.05, 0.1) is 10.6 Å². The Kier molecular flexibility index (Phi) is 5.39. The summed E-state index contributed by atoms with van der Waals surface area (Å²) in [4.78, 5) is 5.82. The van der Waals surface area contributed by atoms with Gasteiger partial charge in [-0.3, -0.25) is 4.98 Å². The van der Waals surface area contributed by atoms with Gasteiger partial charge < -0.3 is 0 Å². The number of halogens is 1. The van der Waals surface area contributed by atoms with E-state index in [1.807, 2.05) is 6.20 Å². The van der Waals surface area contributed by atoms with Crippen LogP contribution < -0.4 is 0 Å². The lowest BCUT2D eigenvalue weighted by Gasteiger charge is -2.03. The molecule has 2 rings (SSSR count). The average molecular weight is 324 g/mol. The molecule has 0 fully saturated rings. The first kappa shape index (κ1) is 13.8. The minimum atomic E-state index is 1.03. The van der Waals surface area contributed by atoms with Crippen LogP contribution in [0, 0.1) is 0 Å². The van der Waals surface area contributed by atoms with Crippen LogP contribution in [0.25, 0.3) is 10.6 Å². The zero-order valence-electron chi connectivity index (χ0n) is 10.7. The van der Waals surface area contributed by atoms with Gasteiger partial charge in [-0.05, 0) is 57.9 Å². The van der Waals surface area contributed by atoms with Crippen molar-refractivity contribution in [2.75, 3.05) is 0 Å². The number of hydrogen-bond donors (Lipinski definition) is 0. The molecule has 0 aliphatic carbocycles. The van der Waals surface area contributed by atoms with Gasteiger partial charge in [0.2, 0.25) is 0 Å². The Morgan fingerprint density at radius 2 is 2.06 bits per heavy atom. The Hall–Kier alpha value is -0.670. The fourth-order valence-corrected chi connectivity index (χ4v) is 3.18. The van der Waals surface area contributed by atoms with E-state index in [1.165, 1.54) is 42.5 Å². The van der Waals surface area contributed by atoms with E-state index in [2.05, 4.69) is 51.4 Å². The van der Waals surface area contributed by atoms with Gasteiger partial charge in [-0.1, -0.05) is 26.2 Å². The SMILES string of the molecule is CCCCCCc1ccsc1-c1ccc(Br)cn1. The average Bonchev–Trinajstić information content (AvgIpc) is 2.84. The van der Waals surface area contributed by atoms with Crippen LogP contribution in [-0.2, 0) is 6.42 Å². The second-order valence-corrected chi connectivity index (χ2v) is 6.28. The molecule has 0 bridgehead atoms. The van der Waals surface area contributed by atoms with Crippen LogP contribution in [-0.4, -0.2) is 4.98 Å². The molecule has 0 radical (unpaired) electrons. The third-order valence-electron chi connectivity index (χ3n) is 3.01. The fourth-order valence-electron chi connectivity index (χ4n) is 2.01. The first-order valence-electron chi connectivity index (χ1n) is 6.49. The highest BCUT2D eigenvalue weighted by Crippen LogP contribution is 2.29. The van der Waals surface area contributed by atoms with Gasteiger partial charge in [0, 0.05) is 10.7 Å². The summed E-state index contributed by atoms with van der Waals surface area (Å²) >= 11 is 5.22. The highest BCUT2D eigenvalue weighted by molar-refractivity contribution is 9.10. The summed E-state index contributed by atoms with van der Waals surface area (Å²) in [5.74, 6) is 0. The van der Waals surface area contributed by atoms with E-state index in [1.54, 1.807) is 11.3 Å². The summed E-state index contributed by atoms with van der Waals surface area (Å²) in [5.41, 5.74) is 2.55. The molecule has 0 aliphatic heterocycles. The van der Waals surface area contributed by atoms with E-state index in [-0.39, 0.29) is 0 Å². The molecule has 0 amide bonds. The standard InChI is InChI=1S/C15H18BrNS/c1-2-3-4-5-6-12-9-10-18-15(12)14-8-7-13(16)11-17-14/h7-11H,2-6H2,1H3. The Labute approximate surface area is 121 Å². The van der Waals surface area contributed by atoms with Crippen molar-refractivity contribution in [2.24, 2.45) is 0 Å². The maximum absolute atomic E-state index is 4.49. The van der Waals surface area contributed by atoms with Crippen molar-refractivity contribution in [3.8, 4) is 10.6 Å². The van der Waals surface area contributed by atoms with Crippen molar-refractivity contribution < 1.29 is 0 Å². The van der Waals surface area contributed by atoms with Gasteiger partial charge in [0.1, 0.15) is 0 Å². The van der Waals surface area contributed by atoms with E-state index in [0.717, 1.165) is 10.2 Å². The molecule has 0 atom stereocenters. The number of rotatable bonds is 6. The number of aryl methyl sites for hydroxylation is 1. The largest absolute Gasteiger partial charge is 0.254 e. The van der Waals surface area contributed by atoms with Crippen molar-refractivity contribution in [3.05, 3.63) is 39.8 Å². The normalized spacial score (nSPS) is 10.8. The molecule has 3 heteroatoms. The first-order valence-corrected chi connectivity index (χ1v) is 8.17. The molecule has 96 valence electrons. The molecular formula is C15H18BrNS. The Morgan fingerprint density at radius 3 is 2.78 bits per heavy atom. The van der Waals surface area contributed by atoms with Crippen molar-refractivity contribution in [3.63, 3.8) is 0 Å². The van der Waals surface area contributed by atoms with Crippen molar-refractivity contribution in [2.45, 2.75) is 39.0 Å². The number of hydrogen-bond acceptors (Lipinski definition) is 2. The third kappa shape index (κ3) is 3.66. The van der Waals surface area contributed by atoms with E-state index in [4.69, 9.17) is 0 Å². The maximum atomic E-state index is 4.49. The summed E-state index contributed by atoms with van der Waals surface area (Å²) in [6.45, 7) is 2.25. The monoisotopic (exact) mass is 323 g/mol.